The van der Waals surface area contributed by atoms with Crippen molar-refractivity contribution in [2.45, 2.75) is 19.4 Å². The Morgan fingerprint density at radius 2 is 2.05 bits per heavy atom. The summed E-state index contributed by atoms with van der Waals surface area (Å²) in [4.78, 5) is 27.0. The van der Waals surface area contributed by atoms with Crippen LogP contribution >= 0.6 is 0 Å². The number of aliphatic carboxylic acids is 1. The van der Waals surface area contributed by atoms with Gasteiger partial charge in [-0.3, -0.25) is 4.79 Å². The van der Waals surface area contributed by atoms with Crippen molar-refractivity contribution in [3.63, 3.8) is 0 Å². The molecule has 104 valence electrons. The van der Waals surface area contributed by atoms with Crippen LogP contribution in [-0.2, 0) is 11.2 Å². The van der Waals surface area contributed by atoms with Gasteiger partial charge >= 0.3 is 5.97 Å². The van der Waals surface area contributed by atoms with Crippen molar-refractivity contribution in [2.24, 2.45) is 0 Å². The first-order valence-corrected chi connectivity index (χ1v) is 6.05. The molecule has 0 fully saturated rings. The number of rotatable bonds is 5. The van der Waals surface area contributed by atoms with Crippen LogP contribution in [0, 0.1) is 6.92 Å². The molecule has 0 saturated carbocycles. The first-order valence-electron chi connectivity index (χ1n) is 6.05. The number of amides is 1. The van der Waals surface area contributed by atoms with Gasteiger partial charge in [-0.1, -0.05) is 30.3 Å². The maximum atomic E-state index is 11.9. The number of nitrogens with zero attached hydrogens (tertiary/aromatic N) is 1. The minimum atomic E-state index is -1.10. The van der Waals surface area contributed by atoms with Gasteiger partial charge in [-0.05, 0) is 12.5 Å². The van der Waals surface area contributed by atoms with Gasteiger partial charge in [0.25, 0.3) is 5.91 Å². The SMILES string of the molecule is Cc1ncoc1C(=O)N[C@@H](Cc1ccccc1)C(=O)O. The summed E-state index contributed by atoms with van der Waals surface area (Å²) in [6.07, 6.45) is 1.35. The minimum Gasteiger partial charge on any atom is -0.480 e. The standard InChI is InChI=1S/C14H14N2O4/c1-9-12(20-8-15-9)13(17)16-11(14(18)19)7-10-5-3-2-4-6-10/h2-6,8,11H,7H2,1H3,(H,16,17)(H,18,19)/t11-/m0/s1. The summed E-state index contributed by atoms with van der Waals surface area (Å²) in [6.45, 7) is 1.62. The van der Waals surface area contributed by atoms with E-state index in [4.69, 9.17) is 4.42 Å². The van der Waals surface area contributed by atoms with E-state index in [0.717, 1.165) is 12.0 Å². The number of carboxylic acid groups (broad SMARTS) is 1. The lowest BCUT2D eigenvalue weighted by Crippen LogP contribution is -2.42. The number of aryl methyl sites for hydroxylation is 1. The summed E-state index contributed by atoms with van der Waals surface area (Å²) in [7, 11) is 0. The molecule has 1 atom stereocenters. The number of aromatic nitrogens is 1. The average molecular weight is 274 g/mol. The van der Waals surface area contributed by atoms with Gasteiger partial charge in [0.1, 0.15) is 6.04 Å². The predicted molar refractivity (Wildman–Crippen MR) is 70.3 cm³/mol. The normalized spacial score (nSPS) is 11.8. The molecule has 0 unspecified atom stereocenters. The third-order valence-corrected chi connectivity index (χ3v) is 2.84. The van der Waals surface area contributed by atoms with E-state index in [9.17, 15) is 14.7 Å². The first-order chi connectivity index (χ1) is 9.58. The highest BCUT2D eigenvalue weighted by molar-refractivity contribution is 5.95. The molecule has 2 rings (SSSR count). The van der Waals surface area contributed by atoms with E-state index >= 15 is 0 Å². The van der Waals surface area contributed by atoms with Crippen molar-refractivity contribution in [3.05, 3.63) is 53.7 Å². The summed E-state index contributed by atoms with van der Waals surface area (Å²) in [5.41, 5.74) is 1.25. The molecule has 0 aliphatic heterocycles. The van der Waals surface area contributed by atoms with E-state index in [0.29, 0.717) is 5.69 Å². The molecular weight excluding hydrogens is 260 g/mol. The molecule has 1 amide bonds. The molecule has 6 nitrogen and oxygen atoms in total. The van der Waals surface area contributed by atoms with Crippen LogP contribution in [0.2, 0.25) is 0 Å². The first kappa shape index (κ1) is 13.8. The Hall–Kier alpha value is -2.63. The Bertz CT molecular complexity index is 607. The van der Waals surface area contributed by atoms with E-state index in [1.54, 1.807) is 6.92 Å². The van der Waals surface area contributed by atoms with Crippen molar-refractivity contribution < 1.29 is 19.1 Å². The van der Waals surface area contributed by atoms with Gasteiger partial charge in [0, 0.05) is 6.42 Å². The summed E-state index contributed by atoms with van der Waals surface area (Å²) in [6, 6.07) is 8.07. The maximum absolute atomic E-state index is 11.9. The minimum absolute atomic E-state index is 0.0318. The van der Waals surface area contributed by atoms with Gasteiger partial charge in [-0.2, -0.15) is 0 Å². The van der Waals surface area contributed by atoms with Crippen molar-refractivity contribution in [1.29, 1.82) is 0 Å². The Morgan fingerprint density at radius 3 is 2.60 bits per heavy atom. The van der Waals surface area contributed by atoms with Crippen LogP contribution in [0.3, 0.4) is 0 Å². The van der Waals surface area contributed by atoms with E-state index in [2.05, 4.69) is 10.3 Å². The molecule has 2 aromatic rings. The predicted octanol–water partition coefficient (Wildman–Crippen LogP) is 1.41. The number of carboxylic acids is 1. The van der Waals surface area contributed by atoms with Gasteiger partial charge in [-0.25, -0.2) is 9.78 Å². The number of benzene rings is 1. The smallest absolute Gasteiger partial charge is 0.326 e. The molecule has 0 aliphatic carbocycles. The van der Waals surface area contributed by atoms with Gasteiger partial charge in [0.2, 0.25) is 5.76 Å². The monoisotopic (exact) mass is 274 g/mol. The van der Waals surface area contributed by atoms with Crippen LogP contribution < -0.4 is 5.32 Å². The second-order valence-corrected chi connectivity index (χ2v) is 4.32. The molecule has 20 heavy (non-hydrogen) atoms. The Labute approximate surface area is 115 Å². The highest BCUT2D eigenvalue weighted by Gasteiger charge is 2.23. The summed E-state index contributed by atoms with van der Waals surface area (Å²) >= 11 is 0. The molecule has 6 heteroatoms. The summed E-state index contributed by atoms with van der Waals surface area (Å²) < 4.78 is 4.94. The van der Waals surface area contributed by atoms with Gasteiger partial charge in [-0.15, -0.1) is 0 Å². The molecule has 1 aromatic heterocycles. The van der Waals surface area contributed by atoms with E-state index in [-0.39, 0.29) is 12.2 Å². The molecule has 0 aliphatic rings. The van der Waals surface area contributed by atoms with Gasteiger partial charge < -0.3 is 14.8 Å². The van der Waals surface area contributed by atoms with E-state index in [1.807, 2.05) is 30.3 Å². The molecule has 2 N–H and O–H groups in total. The lowest BCUT2D eigenvalue weighted by Gasteiger charge is -2.13. The Morgan fingerprint density at radius 1 is 1.35 bits per heavy atom. The van der Waals surface area contributed by atoms with Gasteiger partial charge in [0.05, 0.1) is 5.69 Å². The highest BCUT2D eigenvalue weighted by Crippen LogP contribution is 2.07. The van der Waals surface area contributed by atoms with Crippen LogP contribution in [-0.4, -0.2) is 28.0 Å². The fourth-order valence-electron chi connectivity index (χ4n) is 1.79. The molecule has 0 bridgehead atoms. The third kappa shape index (κ3) is 3.23. The Kier molecular flexibility index (Phi) is 4.14. The summed E-state index contributed by atoms with van der Waals surface area (Å²) in [5.74, 6) is -1.65. The second kappa shape index (κ2) is 6.01. The van der Waals surface area contributed by atoms with Crippen molar-refractivity contribution >= 4 is 11.9 Å². The molecule has 0 radical (unpaired) electrons. The van der Waals surface area contributed by atoms with Crippen molar-refractivity contribution in [1.82, 2.24) is 10.3 Å². The van der Waals surface area contributed by atoms with Crippen LogP contribution in [0.1, 0.15) is 21.8 Å². The Balaban J connectivity index is 2.09. The van der Waals surface area contributed by atoms with E-state index < -0.39 is 17.9 Å². The van der Waals surface area contributed by atoms with Crippen LogP contribution in [0.15, 0.2) is 41.1 Å². The number of hydrogen-bond donors (Lipinski definition) is 2. The average Bonchev–Trinajstić information content (AvgIpc) is 2.85. The molecule has 0 saturated heterocycles. The molecule has 1 heterocycles. The molecular formula is C14H14N2O4. The summed E-state index contributed by atoms with van der Waals surface area (Å²) in [5, 5.41) is 11.6. The highest BCUT2D eigenvalue weighted by atomic mass is 16.4. The third-order valence-electron chi connectivity index (χ3n) is 2.84. The van der Waals surface area contributed by atoms with Crippen LogP contribution in [0.5, 0.6) is 0 Å². The fraction of sp³-hybridized carbons (Fsp3) is 0.214. The zero-order chi connectivity index (χ0) is 14.5. The fourth-order valence-corrected chi connectivity index (χ4v) is 1.79. The number of nitrogens with one attached hydrogen (secondary N) is 1. The van der Waals surface area contributed by atoms with Crippen LogP contribution in [0.4, 0.5) is 0 Å². The number of carbonyl (C=O) groups is 2. The zero-order valence-corrected chi connectivity index (χ0v) is 10.9. The number of oxazole rings is 1. The largest absolute Gasteiger partial charge is 0.480 e. The zero-order valence-electron chi connectivity index (χ0n) is 10.9. The van der Waals surface area contributed by atoms with Crippen molar-refractivity contribution in [2.75, 3.05) is 0 Å². The second-order valence-electron chi connectivity index (χ2n) is 4.32. The maximum Gasteiger partial charge on any atom is 0.326 e. The lowest BCUT2D eigenvalue weighted by atomic mass is 10.1. The lowest BCUT2D eigenvalue weighted by molar-refractivity contribution is -0.139. The number of carbonyl (C=O) groups excluding carboxylic acids is 1. The van der Waals surface area contributed by atoms with Gasteiger partial charge in [0.15, 0.2) is 6.39 Å². The van der Waals surface area contributed by atoms with E-state index in [1.165, 1.54) is 0 Å². The quantitative estimate of drug-likeness (QED) is 0.860. The van der Waals surface area contributed by atoms with Crippen molar-refractivity contribution in [3.8, 4) is 0 Å². The topological polar surface area (TPSA) is 92.4 Å². The van der Waals surface area contributed by atoms with Crippen LogP contribution in [0.25, 0.3) is 0 Å². The molecule has 0 spiro atoms. The number of hydrogen-bond acceptors (Lipinski definition) is 4. The molecule has 1 aromatic carbocycles.